The maximum absolute atomic E-state index is 13.6. The minimum Gasteiger partial charge on any atom is -0.444 e. The van der Waals surface area contributed by atoms with E-state index in [2.05, 4.69) is 26.3 Å². The number of carbonyl (C=O) groups is 1. The van der Waals surface area contributed by atoms with Crippen LogP contribution in [0.3, 0.4) is 0 Å². The Labute approximate surface area is 227 Å². The standard InChI is InChI=1S/C24H29F3N5O2.3CH3.Sn/c1-15-14-31(9-10-32(15)22(33)34-23(2,3)4)18-7-8-20(19(11-18)16-5-6-16)30-21-28-12-17(13-29-21)24(25,26)27;;;;/h7-8,11-12,15-16H,5-6,9-10,14H2,1-4H3,(H,28,29,30);3*1H3;. The van der Waals surface area contributed by atoms with Gasteiger partial charge in [-0.2, -0.15) is 0 Å². The summed E-state index contributed by atoms with van der Waals surface area (Å²) in [5.74, 6) is 0.600. The van der Waals surface area contributed by atoms with E-state index in [0.717, 1.165) is 36.0 Å². The Kier molecular flexibility index (Phi) is 7.86. The predicted octanol–water partition coefficient (Wildman–Crippen LogP) is 6.11. The molecule has 1 unspecified atom stereocenters. The molecule has 1 atom stereocenters. The third-order valence-corrected chi connectivity index (χ3v) is 11.9. The van der Waals surface area contributed by atoms with Crippen molar-refractivity contribution in [2.24, 2.45) is 0 Å². The zero-order chi connectivity index (χ0) is 28.0. The first-order valence-corrected chi connectivity index (χ1v) is 23.1. The van der Waals surface area contributed by atoms with Crippen LogP contribution >= 0.6 is 0 Å². The van der Waals surface area contributed by atoms with Crippen LogP contribution in [0.25, 0.3) is 0 Å². The Morgan fingerprint density at radius 1 is 1.13 bits per heavy atom. The van der Waals surface area contributed by atoms with E-state index in [-0.39, 0.29) is 21.8 Å². The van der Waals surface area contributed by atoms with Crippen molar-refractivity contribution in [1.82, 2.24) is 14.9 Å². The first-order valence-electron chi connectivity index (χ1n) is 13.1. The van der Waals surface area contributed by atoms with Gasteiger partial charge in [-0.25, -0.2) is 4.79 Å². The SMILES string of the molecule is CC1CN(c2ccc(Nc3ncc(C(F)(F)F)[c]([Sn]([CH3])([CH3])[CH3])n3)c(C3CC3)c2)CCN1C(=O)OC(C)(C)C. The van der Waals surface area contributed by atoms with Crippen LogP contribution in [0.1, 0.15) is 57.6 Å². The number of nitrogens with one attached hydrogen (secondary N) is 1. The van der Waals surface area contributed by atoms with E-state index in [1.54, 1.807) is 4.90 Å². The molecule has 1 saturated heterocycles. The molecule has 2 fully saturated rings. The molecule has 1 N–H and O–H groups in total. The van der Waals surface area contributed by atoms with Gasteiger partial charge in [0.25, 0.3) is 0 Å². The molecule has 0 bridgehead atoms. The van der Waals surface area contributed by atoms with Crippen molar-refractivity contribution in [2.75, 3.05) is 29.9 Å². The smallest absolute Gasteiger partial charge is 0.444 e. The molecule has 11 heteroatoms. The van der Waals surface area contributed by atoms with Crippen molar-refractivity contribution < 1.29 is 22.7 Å². The third-order valence-electron chi connectivity index (χ3n) is 6.72. The summed E-state index contributed by atoms with van der Waals surface area (Å²) in [5.41, 5.74) is 1.75. The second-order valence-corrected chi connectivity index (χ2v) is 26.5. The van der Waals surface area contributed by atoms with Gasteiger partial charge in [0.1, 0.15) is 5.60 Å². The fourth-order valence-electron chi connectivity index (χ4n) is 4.72. The quantitative estimate of drug-likeness (QED) is 0.399. The summed E-state index contributed by atoms with van der Waals surface area (Å²) in [6, 6.07) is 6.13. The van der Waals surface area contributed by atoms with Gasteiger partial charge in [-0.05, 0) is 20.8 Å². The maximum atomic E-state index is 13.6. The Bertz CT molecular complexity index is 1190. The molecule has 0 radical (unpaired) electrons. The molecular weight excluding hydrogens is 602 g/mol. The van der Waals surface area contributed by atoms with Gasteiger partial charge in [-0.15, -0.1) is 0 Å². The Morgan fingerprint density at radius 3 is 2.37 bits per heavy atom. The van der Waals surface area contributed by atoms with Gasteiger partial charge in [-0.3, -0.25) is 0 Å². The van der Waals surface area contributed by atoms with Crippen LogP contribution in [0.4, 0.5) is 35.3 Å². The van der Waals surface area contributed by atoms with Crippen LogP contribution in [-0.4, -0.2) is 70.6 Å². The molecule has 1 aliphatic heterocycles. The topological polar surface area (TPSA) is 70.6 Å². The molecule has 1 amide bonds. The van der Waals surface area contributed by atoms with Crippen molar-refractivity contribution in [3.63, 3.8) is 0 Å². The first kappa shape index (κ1) is 28.8. The van der Waals surface area contributed by atoms with Gasteiger partial charge < -0.3 is 4.74 Å². The number of rotatable bonds is 5. The van der Waals surface area contributed by atoms with Crippen molar-refractivity contribution in [1.29, 1.82) is 0 Å². The number of benzene rings is 1. The van der Waals surface area contributed by atoms with E-state index in [0.29, 0.717) is 25.6 Å². The Hall–Kier alpha value is -2.24. The Balaban J connectivity index is 1.54. The summed E-state index contributed by atoms with van der Waals surface area (Å²) in [6.45, 7) is 9.55. The number of nitrogens with zero attached hydrogens (tertiary/aromatic N) is 4. The average Bonchev–Trinajstić information content (AvgIpc) is 3.62. The Morgan fingerprint density at radius 2 is 1.82 bits per heavy atom. The monoisotopic (exact) mass is 641 g/mol. The van der Waals surface area contributed by atoms with Gasteiger partial charge in [0.15, 0.2) is 0 Å². The molecule has 38 heavy (non-hydrogen) atoms. The molecule has 208 valence electrons. The summed E-state index contributed by atoms with van der Waals surface area (Å²) in [4.78, 5) is 30.8. The minimum absolute atomic E-state index is 0.0107. The van der Waals surface area contributed by atoms with Crippen LogP contribution in [0.5, 0.6) is 0 Å². The van der Waals surface area contributed by atoms with Crippen molar-refractivity contribution in [2.45, 2.75) is 79.1 Å². The number of halogens is 3. The summed E-state index contributed by atoms with van der Waals surface area (Å²) >= 11 is -3.19. The number of ether oxygens (including phenoxy) is 1. The van der Waals surface area contributed by atoms with E-state index in [1.807, 2.05) is 54.6 Å². The summed E-state index contributed by atoms with van der Waals surface area (Å²) < 4.78 is 46.6. The zero-order valence-corrected chi connectivity index (χ0v) is 26.1. The van der Waals surface area contributed by atoms with E-state index < -0.39 is 35.7 Å². The van der Waals surface area contributed by atoms with Crippen LogP contribution in [0.2, 0.25) is 14.8 Å². The molecular formula is C27H38F3N5O2Sn. The number of hydrogen-bond donors (Lipinski definition) is 1. The van der Waals surface area contributed by atoms with Gasteiger partial charge in [0, 0.05) is 0 Å². The predicted molar refractivity (Wildman–Crippen MR) is 146 cm³/mol. The van der Waals surface area contributed by atoms with Crippen LogP contribution in [0.15, 0.2) is 24.4 Å². The molecule has 2 heterocycles. The van der Waals surface area contributed by atoms with Crippen molar-refractivity contribution in [3.05, 3.63) is 35.5 Å². The summed E-state index contributed by atoms with van der Waals surface area (Å²) in [6.07, 6.45) is -1.71. The molecule has 2 aromatic rings. The normalized spacial score (nSPS) is 18.9. The van der Waals surface area contributed by atoms with Crippen LogP contribution in [-0.2, 0) is 10.9 Å². The van der Waals surface area contributed by atoms with E-state index >= 15 is 0 Å². The minimum atomic E-state index is -4.47. The van der Waals surface area contributed by atoms with Gasteiger partial charge in [-0.1, -0.05) is 0 Å². The zero-order valence-electron chi connectivity index (χ0n) is 23.2. The van der Waals surface area contributed by atoms with Gasteiger partial charge >= 0.3 is 192 Å². The second kappa shape index (κ2) is 10.4. The first-order chi connectivity index (χ1) is 17.5. The fourth-order valence-corrected chi connectivity index (χ4v) is 8.87. The van der Waals surface area contributed by atoms with Crippen molar-refractivity contribution in [3.8, 4) is 0 Å². The average molecular weight is 640 g/mol. The molecule has 1 aromatic heterocycles. The molecule has 7 nitrogen and oxygen atoms in total. The van der Waals surface area contributed by atoms with Crippen LogP contribution < -0.4 is 13.9 Å². The van der Waals surface area contributed by atoms with E-state index in [4.69, 9.17) is 4.74 Å². The number of hydrogen-bond acceptors (Lipinski definition) is 6. The van der Waals surface area contributed by atoms with Crippen molar-refractivity contribution >= 4 is 45.5 Å². The van der Waals surface area contributed by atoms with Gasteiger partial charge in [0.2, 0.25) is 0 Å². The van der Waals surface area contributed by atoms with Crippen LogP contribution in [0, 0.1) is 0 Å². The number of amides is 1. The molecule has 1 aromatic carbocycles. The number of aromatic nitrogens is 2. The fraction of sp³-hybridized carbons (Fsp3) is 0.593. The number of piperazine rings is 1. The number of carbonyl (C=O) groups excluding carboxylic acids is 1. The molecule has 0 spiro atoms. The second-order valence-electron chi connectivity index (χ2n) is 12.3. The molecule has 1 aliphatic carbocycles. The third kappa shape index (κ3) is 6.84. The molecule has 2 aliphatic rings. The summed E-state index contributed by atoms with van der Waals surface area (Å²) in [5, 5.41) is 3.22. The van der Waals surface area contributed by atoms with Gasteiger partial charge in [0.05, 0.1) is 0 Å². The van der Waals surface area contributed by atoms with E-state index in [1.165, 1.54) is 0 Å². The molecule has 4 rings (SSSR count). The number of alkyl halides is 3. The molecule has 1 saturated carbocycles. The van der Waals surface area contributed by atoms with E-state index in [9.17, 15) is 18.0 Å². The summed E-state index contributed by atoms with van der Waals surface area (Å²) in [7, 11) is 0. The number of anilines is 3.